The molecule has 0 amide bonds. The number of carbonyl (C=O) groups is 1. The zero-order valence-corrected chi connectivity index (χ0v) is 21.4. The topological polar surface area (TPSA) is 111 Å². The molecule has 0 bridgehead atoms. The Kier molecular flexibility index (Phi) is 9.38. The number of carboxylic acids is 1. The van der Waals surface area contributed by atoms with Crippen molar-refractivity contribution in [3.63, 3.8) is 0 Å². The smallest absolute Gasteiger partial charge is 0.475 e. The van der Waals surface area contributed by atoms with Gasteiger partial charge in [-0.25, -0.2) is 19.2 Å². The minimum atomic E-state index is -5.08. The van der Waals surface area contributed by atoms with Gasteiger partial charge < -0.3 is 30.1 Å². The first-order valence-corrected chi connectivity index (χ1v) is 12.7. The van der Waals surface area contributed by atoms with Crippen LogP contribution in [-0.2, 0) is 9.53 Å². The van der Waals surface area contributed by atoms with Gasteiger partial charge in [-0.2, -0.15) is 13.2 Å². The minimum absolute atomic E-state index is 0.186. The van der Waals surface area contributed by atoms with E-state index in [2.05, 4.69) is 37.2 Å². The predicted octanol–water partition coefficient (Wildman–Crippen LogP) is 4.46. The van der Waals surface area contributed by atoms with E-state index in [1.54, 1.807) is 18.3 Å². The highest BCUT2D eigenvalue weighted by Crippen LogP contribution is 2.28. The van der Waals surface area contributed by atoms with Crippen molar-refractivity contribution >= 4 is 29.0 Å². The Balaban J connectivity index is 0.000000470. The molecule has 3 N–H and O–H groups in total. The molecule has 0 radical (unpaired) electrons. The average Bonchev–Trinajstić information content (AvgIpc) is 2.94. The van der Waals surface area contributed by atoms with Crippen molar-refractivity contribution < 1.29 is 37.3 Å². The number of aliphatic carboxylic acids is 1. The number of halogens is 4. The van der Waals surface area contributed by atoms with Gasteiger partial charge in [0.05, 0.1) is 25.0 Å². The lowest BCUT2D eigenvalue weighted by Crippen LogP contribution is -2.36. The van der Waals surface area contributed by atoms with Crippen molar-refractivity contribution in [2.24, 2.45) is 0 Å². The van der Waals surface area contributed by atoms with Crippen molar-refractivity contribution in [1.82, 2.24) is 9.97 Å². The lowest BCUT2D eigenvalue weighted by Gasteiger charge is -2.31. The molecule has 1 aromatic heterocycles. The van der Waals surface area contributed by atoms with Gasteiger partial charge in [-0.1, -0.05) is 0 Å². The van der Waals surface area contributed by atoms with Crippen molar-refractivity contribution in [3.8, 4) is 11.3 Å². The summed E-state index contributed by atoms with van der Waals surface area (Å²) in [4.78, 5) is 22.3. The third-order valence-electron chi connectivity index (χ3n) is 6.41. The molecule has 2 aliphatic heterocycles. The summed E-state index contributed by atoms with van der Waals surface area (Å²) in [6.07, 6.45) is -1.99. The standard InChI is InChI=1S/C25H28FN5O2.C2HF3O2/c26-19-15-18(16-22(17-19)31-11-13-33-14-12-31)24-5-8-27-25(29-24)28-20-1-3-21(4-2-20)30-9-6-23(32)7-10-30;3-2(4,5)1(6)7/h1-5,8,15-17,23,32H,6-7,9-14H2,(H,27,28,29);(H,6,7). The number of aliphatic hydroxyl groups excluding tert-OH is 1. The maximum Gasteiger partial charge on any atom is 0.490 e. The van der Waals surface area contributed by atoms with Crippen LogP contribution in [0.1, 0.15) is 12.8 Å². The fraction of sp³-hybridized carbons (Fsp3) is 0.370. The van der Waals surface area contributed by atoms with Crippen LogP contribution in [0.5, 0.6) is 0 Å². The van der Waals surface area contributed by atoms with Crippen molar-refractivity contribution in [2.75, 3.05) is 54.5 Å². The molecule has 0 saturated carbocycles. The monoisotopic (exact) mass is 563 g/mol. The van der Waals surface area contributed by atoms with Gasteiger partial charge in [-0.15, -0.1) is 0 Å². The average molecular weight is 564 g/mol. The molecule has 3 heterocycles. The van der Waals surface area contributed by atoms with Gasteiger partial charge in [0.25, 0.3) is 0 Å². The number of hydrogen-bond donors (Lipinski definition) is 3. The van der Waals surface area contributed by atoms with Crippen LogP contribution in [0.3, 0.4) is 0 Å². The largest absolute Gasteiger partial charge is 0.490 e. The molecular weight excluding hydrogens is 534 g/mol. The Morgan fingerprint density at radius 3 is 2.20 bits per heavy atom. The number of nitrogens with one attached hydrogen (secondary N) is 1. The van der Waals surface area contributed by atoms with Crippen LogP contribution in [0.15, 0.2) is 54.7 Å². The van der Waals surface area contributed by atoms with E-state index in [0.29, 0.717) is 30.4 Å². The van der Waals surface area contributed by atoms with Gasteiger partial charge in [0.2, 0.25) is 5.95 Å². The van der Waals surface area contributed by atoms with Crippen LogP contribution in [0, 0.1) is 5.82 Å². The molecule has 2 aliphatic rings. The molecule has 40 heavy (non-hydrogen) atoms. The number of ether oxygens (including phenoxy) is 1. The number of aromatic nitrogens is 2. The van der Waals surface area contributed by atoms with Crippen LogP contribution in [-0.4, -0.2) is 77.8 Å². The Morgan fingerprint density at radius 2 is 1.57 bits per heavy atom. The van der Waals surface area contributed by atoms with E-state index in [9.17, 15) is 22.7 Å². The minimum Gasteiger partial charge on any atom is -0.475 e. The van der Waals surface area contributed by atoms with Crippen molar-refractivity contribution in [2.45, 2.75) is 25.1 Å². The normalized spacial score (nSPS) is 16.2. The number of alkyl halides is 3. The Labute approximate surface area is 228 Å². The number of hydrogen-bond acceptors (Lipinski definition) is 8. The summed E-state index contributed by atoms with van der Waals surface area (Å²) in [6.45, 7) is 4.50. The second-order valence-electron chi connectivity index (χ2n) is 9.26. The van der Waals surface area contributed by atoms with Gasteiger partial charge in [-0.05, 0) is 61.4 Å². The second-order valence-corrected chi connectivity index (χ2v) is 9.26. The van der Waals surface area contributed by atoms with Gasteiger partial charge in [-0.3, -0.25) is 0 Å². The third-order valence-corrected chi connectivity index (χ3v) is 6.41. The van der Waals surface area contributed by atoms with Crippen LogP contribution < -0.4 is 15.1 Å². The molecule has 0 aliphatic carbocycles. The van der Waals surface area contributed by atoms with E-state index in [4.69, 9.17) is 14.6 Å². The Morgan fingerprint density at radius 1 is 0.950 bits per heavy atom. The fourth-order valence-electron chi connectivity index (χ4n) is 4.31. The molecule has 3 aromatic rings. The molecular formula is C27H29F4N5O4. The van der Waals surface area contributed by atoms with Crippen LogP contribution in [0.25, 0.3) is 11.3 Å². The van der Waals surface area contributed by atoms with Crippen molar-refractivity contribution in [1.29, 1.82) is 0 Å². The number of carboxylic acid groups (broad SMARTS) is 1. The molecule has 0 atom stereocenters. The first kappa shape index (κ1) is 29.0. The summed E-state index contributed by atoms with van der Waals surface area (Å²) in [7, 11) is 0. The van der Waals surface area contributed by atoms with Gasteiger partial charge in [0.1, 0.15) is 5.82 Å². The van der Waals surface area contributed by atoms with Gasteiger partial charge >= 0.3 is 12.1 Å². The van der Waals surface area contributed by atoms with Crippen LogP contribution in [0.4, 0.5) is 40.6 Å². The number of rotatable bonds is 5. The highest BCUT2D eigenvalue weighted by molar-refractivity contribution is 5.73. The fourth-order valence-corrected chi connectivity index (χ4v) is 4.31. The maximum atomic E-state index is 14.4. The summed E-state index contributed by atoms with van der Waals surface area (Å²) in [5.41, 5.74) is 4.22. The van der Waals surface area contributed by atoms with Gasteiger partial charge in [0, 0.05) is 55.0 Å². The third kappa shape index (κ3) is 8.02. The molecule has 0 spiro atoms. The number of piperidine rings is 1. The molecule has 2 saturated heterocycles. The molecule has 2 fully saturated rings. The van der Waals surface area contributed by atoms with E-state index in [0.717, 1.165) is 56.1 Å². The highest BCUT2D eigenvalue weighted by Gasteiger charge is 2.38. The van der Waals surface area contributed by atoms with E-state index in [1.807, 2.05) is 18.2 Å². The predicted molar refractivity (Wildman–Crippen MR) is 141 cm³/mol. The lowest BCUT2D eigenvalue weighted by atomic mass is 10.1. The zero-order chi connectivity index (χ0) is 28.7. The van der Waals surface area contributed by atoms with E-state index >= 15 is 0 Å². The Bertz CT molecular complexity index is 1280. The second kappa shape index (κ2) is 12.9. The molecule has 214 valence electrons. The first-order chi connectivity index (χ1) is 19.1. The van der Waals surface area contributed by atoms with E-state index in [-0.39, 0.29) is 11.9 Å². The first-order valence-electron chi connectivity index (χ1n) is 12.7. The Hall–Kier alpha value is -3.97. The summed E-state index contributed by atoms with van der Waals surface area (Å²) in [5, 5.41) is 20.1. The molecule has 9 nitrogen and oxygen atoms in total. The highest BCUT2D eigenvalue weighted by atomic mass is 19.4. The molecule has 13 heteroatoms. The number of aliphatic hydroxyl groups is 1. The number of anilines is 4. The molecule has 0 unspecified atom stereocenters. The quantitative estimate of drug-likeness (QED) is 0.388. The SMILES string of the molecule is O=C(O)C(F)(F)F.OC1CCN(c2ccc(Nc3nccc(-c4cc(F)cc(N5CCOCC5)c4)n3)cc2)CC1. The number of morpholine rings is 1. The summed E-state index contributed by atoms with van der Waals surface area (Å²) >= 11 is 0. The van der Waals surface area contributed by atoms with E-state index < -0.39 is 12.1 Å². The summed E-state index contributed by atoms with van der Waals surface area (Å²) in [6, 6.07) is 14.9. The maximum absolute atomic E-state index is 14.4. The lowest BCUT2D eigenvalue weighted by molar-refractivity contribution is -0.192. The number of nitrogens with zero attached hydrogens (tertiary/aromatic N) is 4. The number of benzene rings is 2. The summed E-state index contributed by atoms with van der Waals surface area (Å²) in [5.74, 6) is -2.59. The van der Waals surface area contributed by atoms with Crippen LogP contribution in [0.2, 0.25) is 0 Å². The zero-order valence-electron chi connectivity index (χ0n) is 21.4. The molecule has 5 rings (SSSR count). The van der Waals surface area contributed by atoms with Crippen molar-refractivity contribution in [3.05, 3.63) is 60.5 Å². The van der Waals surface area contributed by atoms with E-state index in [1.165, 1.54) is 6.07 Å². The van der Waals surface area contributed by atoms with Crippen LogP contribution >= 0.6 is 0 Å². The molecule has 2 aromatic carbocycles. The van der Waals surface area contributed by atoms with Gasteiger partial charge in [0.15, 0.2) is 0 Å². The summed E-state index contributed by atoms with van der Waals surface area (Å²) < 4.78 is 51.5.